The highest BCUT2D eigenvalue weighted by molar-refractivity contribution is 5.83. The van der Waals surface area contributed by atoms with Crippen molar-refractivity contribution in [3.05, 3.63) is 29.3 Å². The third kappa shape index (κ3) is 2.20. The molecule has 3 nitrogen and oxygen atoms in total. The van der Waals surface area contributed by atoms with Crippen molar-refractivity contribution in [2.24, 2.45) is 0 Å². The summed E-state index contributed by atoms with van der Waals surface area (Å²) in [6.07, 6.45) is 6.34. The van der Waals surface area contributed by atoms with Crippen LogP contribution in [-0.4, -0.2) is 19.2 Å². The summed E-state index contributed by atoms with van der Waals surface area (Å²) < 4.78 is 5.09. The Morgan fingerprint density at radius 3 is 2.71 bits per heavy atom. The van der Waals surface area contributed by atoms with E-state index in [0.29, 0.717) is 29.4 Å². The first kappa shape index (κ1) is 10.0. The molecule has 14 heavy (non-hydrogen) atoms. The highest BCUT2D eigenvalue weighted by Gasteiger charge is 2.03. The van der Waals surface area contributed by atoms with Crippen molar-refractivity contribution >= 4 is 12.6 Å². The van der Waals surface area contributed by atoms with Crippen molar-refractivity contribution in [1.82, 2.24) is 0 Å². The molecule has 3 heteroatoms. The molecule has 0 radical (unpaired) electrons. The van der Waals surface area contributed by atoms with Crippen LogP contribution in [0.5, 0.6) is 5.75 Å². The summed E-state index contributed by atoms with van der Waals surface area (Å²) in [5.74, 6) is 2.61. The molecule has 0 aliphatic rings. The van der Waals surface area contributed by atoms with E-state index in [2.05, 4.69) is 5.92 Å². The lowest BCUT2D eigenvalue weighted by Crippen LogP contribution is -1.98. The molecular formula is C11H8O3. The van der Waals surface area contributed by atoms with Crippen molar-refractivity contribution in [2.45, 2.75) is 0 Å². The monoisotopic (exact) mass is 188 g/mol. The van der Waals surface area contributed by atoms with E-state index in [1.807, 2.05) is 0 Å². The summed E-state index contributed by atoms with van der Waals surface area (Å²) in [4.78, 5) is 21.0. The van der Waals surface area contributed by atoms with Crippen LogP contribution in [0.3, 0.4) is 0 Å². The standard InChI is InChI=1S/C11H8O3/c1-2-5-14-11-6-9(7-12)3-4-10(11)8-13/h1,3-4,6-8H,5H2. The summed E-state index contributed by atoms with van der Waals surface area (Å²) >= 11 is 0. The van der Waals surface area contributed by atoms with Gasteiger partial charge in [0.05, 0.1) is 5.56 Å². The maximum absolute atomic E-state index is 10.6. The summed E-state index contributed by atoms with van der Waals surface area (Å²) in [7, 11) is 0. The van der Waals surface area contributed by atoms with Gasteiger partial charge in [-0.3, -0.25) is 9.59 Å². The van der Waals surface area contributed by atoms with E-state index in [4.69, 9.17) is 11.2 Å². The maximum atomic E-state index is 10.6. The van der Waals surface area contributed by atoms with Gasteiger partial charge in [0, 0.05) is 5.56 Å². The van der Waals surface area contributed by atoms with Gasteiger partial charge in [0.2, 0.25) is 0 Å². The van der Waals surface area contributed by atoms with Gasteiger partial charge >= 0.3 is 0 Å². The van der Waals surface area contributed by atoms with Gasteiger partial charge in [0.25, 0.3) is 0 Å². The van der Waals surface area contributed by atoms with Crippen LogP contribution in [0.15, 0.2) is 18.2 Å². The van der Waals surface area contributed by atoms with E-state index in [1.54, 1.807) is 6.07 Å². The van der Waals surface area contributed by atoms with Gasteiger partial charge in [-0.15, -0.1) is 6.42 Å². The lowest BCUT2D eigenvalue weighted by molar-refractivity contribution is 0.111. The van der Waals surface area contributed by atoms with Crippen LogP contribution < -0.4 is 4.74 Å². The zero-order valence-corrected chi connectivity index (χ0v) is 7.40. The molecule has 0 amide bonds. The van der Waals surface area contributed by atoms with Gasteiger partial charge in [-0.1, -0.05) is 12.0 Å². The fourth-order valence-electron chi connectivity index (χ4n) is 0.966. The van der Waals surface area contributed by atoms with Crippen LogP contribution in [0.1, 0.15) is 20.7 Å². The quantitative estimate of drug-likeness (QED) is 0.528. The summed E-state index contributed by atoms with van der Waals surface area (Å²) in [5, 5.41) is 0. The van der Waals surface area contributed by atoms with Crippen LogP contribution in [0, 0.1) is 12.3 Å². The van der Waals surface area contributed by atoms with E-state index in [9.17, 15) is 9.59 Å². The van der Waals surface area contributed by atoms with Crippen LogP contribution in [0.25, 0.3) is 0 Å². The Morgan fingerprint density at radius 1 is 1.36 bits per heavy atom. The Bertz CT molecular complexity index is 388. The average molecular weight is 188 g/mol. The fourth-order valence-corrected chi connectivity index (χ4v) is 0.966. The number of hydrogen-bond acceptors (Lipinski definition) is 3. The largest absolute Gasteiger partial charge is 0.480 e. The van der Waals surface area contributed by atoms with E-state index in [0.717, 1.165) is 0 Å². The number of benzene rings is 1. The predicted molar refractivity (Wildman–Crippen MR) is 51.5 cm³/mol. The van der Waals surface area contributed by atoms with Crippen molar-refractivity contribution in [3.63, 3.8) is 0 Å². The van der Waals surface area contributed by atoms with E-state index < -0.39 is 0 Å². The highest BCUT2D eigenvalue weighted by atomic mass is 16.5. The zero-order chi connectivity index (χ0) is 10.4. The third-order valence-electron chi connectivity index (χ3n) is 1.61. The van der Waals surface area contributed by atoms with Gasteiger partial charge in [0.1, 0.15) is 18.6 Å². The van der Waals surface area contributed by atoms with Crippen LogP contribution in [0.4, 0.5) is 0 Å². The first-order valence-corrected chi connectivity index (χ1v) is 3.92. The molecular weight excluding hydrogens is 180 g/mol. The summed E-state index contributed by atoms with van der Waals surface area (Å²) in [5.41, 5.74) is 0.827. The topological polar surface area (TPSA) is 43.4 Å². The van der Waals surface area contributed by atoms with Gasteiger partial charge in [0.15, 0.2) is 6.29 Å². The Morgan fingerprint density at radius 2 is 2.14 bits per heavy atom. The number of terminal acetylenes is 1. The molecule has 0 aliphatic carbocycles. The smallest absolute Gasteiger partial charge is 0.153 e. The number of carbonyl (C=O) groups excluding carboxylic acids is 2. The molecule has 0 unspecified atom stereocenters. The molecule has 0 N–H and O–H groups in total. The van der Waals surface area contributed by atoms with Crippen molar-refractivity contribution in [1.29, 1.82) is 0 Å². The lowest BCUT2D eigenvalue weighted by Gasteiger charge is -2.05. The lowest BCUT2D eigenvalue weighted by atomic mass is 10.1. The Labute approximate surface area is 81.7 Å². The van der Waals surface area contributed by atoms with Gasteiger partial charge in [-0.25, -0.2) is 0 Å². The minimum absolute atomic E-state index is 0.0726. The zero-order valence-electron chi connectivity index (χ0n) is 7.40. The number of carbonyl (C=O) groups is 2. The first-order chi connectivity index (χ1) is 6.81. The van der Waals surface area contributed by atoms with Crippen LogP contribution in [-0.2, 0) is 0 Å². The molecule has 0 spiro atoms. The summed E-state index contributed by atoms with van der Waals surface area (Å²) in [6.45, 7) is 0.0726. The van der Waals surface area contributed by atoms with Crippen molar-refractivity contribution < 1.29 is 14.3 Å². The number of aldehydes is 2. The maximum Gasteiger partial charge on any atom is 0.153 e. The molecule has 0 aliphatic heterocycles. The molecule has 1 aromatic carbocycles. The first-order valence-electron chi connectivity index (χ1n) is 3.92. The van der Waals surface area contributed by atoms with Gasteiger partial charge in [-0.05, 0) is 12.1 Å². The number of hydrogen-bond donors (Lipinski definition) is 0. The average Bonchev–Trinajstić information content (AvgIpc) is 2.25. The SMILES string of the molecule is C#CCOc1cc(C=O)ccc1C=O. The van der Waals surface area contributed by atoms with E-state index in [-0.39, 0.29) is 6.61 Å². The molecule has 0 fully saturated rings. The normalized spacial score (nSPS) is 8.79. The van der Waals surface area contributed by atoms with E-state index in [1.165, 1.54) is 12.1 Å². The van der Waals surface area contributed by atoms with Gasteiger partial charge in [-0.2, -0.15) is 0 Å². The molecule has 70 valence electrons. The molecule has 0 aromatic heterocycles. The Balaban J connectivity index is 3.02. The predicted octanol–water partition coefficient (Wildman–Crippen LogP) is 1.32. The second-order valence-corrected chi connectivity index (χ2v) is 2.53. The van der Waals surface area contributed by atoms with Gasteiger partial charge < -0.3 is 4.74 Å². The molecule has 0 atom stereocenters. The second-order valence-electron chi connectivity index (χ2n) is 2.53. The van der Waals surface area contributed by atoms with Crippen molar-refractivity contribution in [2.75, 3.05) is 6.61 Å². The second kappa shape index (κ2) is 4.83. The fraction of sp³-hybridized carbons (Fsp3) is 0.0909. The molecule has 0 heterocycles. The van der Waals surface area contributed by atoms with Crippen LogP contribution >= 0.6 is 0 Å². The molecule has 1 rings (SSSR count). The summed E-state index contributed by atoms with van der Waals surface area (Å²) in [6, 6.07) is 4.54. The Kier molecular flexibility index (Phi) is 3.45. The minimum atomic E-state index is 0.0726. The molecule has 0 saturated heterocycles. The highest BCUT2D eigenvalue weighted by Crippen LogP contribution is 2.17. The number of rotatable bonds is 4. The molecule has 0 saturated carbocycles. The Hall–Kier alpha value is -2.08. The minimum Gasteiger partial charge on any atom is -0.480 e. The van der Waals surface area contributed by atoms with E-state index >= 15 is 0 Å². The third-order valence-corrected chi connectivity index (χ3v) is 1.61. The molecule has 0 bridgehead atoms. The molecule has 1 aromatic rings. The number of ether oxygens (including phenoxy) is 1. The van der Waals surface area contributed by atoms with Crippen molar-refractivity contribution in [3.8, 4) is 18.1 Å². The van der Waals surface area contributed by atoms with Crippen LogP contribution in [0.2, 0.25) is 0 Å².